The largest absolute Gasteiger partial charge is 0.454 e. The molecule has 0 unspecified atom stereocenters. The summed E-state index contributed by atoms with van der Waals surface area (Å²) in [5, 5.41) is 2.81. The van der Waals surface area contributed by atoms with Gasteiger partial charge in [-0.15, -0.1) is 0 Å². The average Bonchev–Trinajstić information content (AvgIpc) is 3.31. The lowest BCUT2D eigenvalue weighted by Crippen LogP contribution is -2.26. The predicted octanol–water partition coefficient (Wildman–Crippen LogP) is 1.79. The molecule has 4 rings (SSSR count). The van der Waals surface area contributed by atoms with E-state index in [4.69, 9.17) is 9.47 Å². The Morgan fingerprint density at radius 1 is 1.04 bits per heavy atom. The van der Waals surface area contributed by atoms with E-state index in [1.807, 2.05) is 12.1 Å². The van der Waals surface area contributed by atoms with Gasteiger partial charge in [-0.3, -0.25) is 4.79 Å². The molecule has 1 heterocycles. The molecule has 26 heavy (non-hydrogen) atoms. The van der Waals surface area contributed by atoms with Crippen molar-refractivity contribution in [3.05, 3.63) is 53.6 Å². The second kappa shape index (κ2) is 6.62. The van der Waals surface area contributed by atoms with E-state index in [1.165, 1.54) is 24.3 Å². The molecule has 1 fully saturated rings. The Morgan fingerprint density at radius 2 is 1.77 bits per heavy atom. The van der Waals surface area contributed by atoms with E-state index in [0.29, 0.717) is 23.6 Å². The summed E-state index contributed by atoms with van der Waals surface area (Å²) in [4.78, 5) is 12.4. The Bertz CT molecular complexity index is 937. The van der Waals surface area contributed by atoms with Crippen LogP contribution in [0.2, 0.25) is 0 Å². The highest BCUT2D eigenvalue weighted by atomic mass is 32.2. The number of ether oxygens (including phenoxy) is 2. The van der Waals surface area contributed by atoms with Gasteiger partial charge >= 0.3 is 0 Å². The number of hydrogen-bond donors (Lipinski definition) is 2. The van der Waals surface area contributed by atoms with Crippen LogP contribution >= 0.6 is 0 Å². The summed E-state index contributed by atoms with van der Waals surface area (Å²) in [6, 6.07) is 11.4. The third-order valence-corrected chi connectivity index (χ3v) is 5.75. The number of carbonyl (C=O) groups is 1. The van der Waals surface area contributed by atoms with Gasteiger partial charge in [-0.25, -0.2) is 13.1 Å². The summed E-state index contributed by atoms with van der Waals surface area (Å²) in [6.07, 6.45) is 1.75. The average molecular weight is 374 g/mol. The normalized spacial score (nSPS) is 15.7. The fraction of sp³-hybridized carbons (Fsp3) is 0.278. The van der Waals surface area contributed by atoms with Crippen molar-refractivity contribution in [3.8, 4) is 11.5 Å². The van der Waals surface area contributed by atoms with Gasteiger partial charge < -0.3 is 14.8 Å². The molecule has 0 spiro atoms. The molecule has 1 amide bonds. The minimum atomic E-state index is -3.51. The van der Waals surface area contributed by atoms with E-state index in [0.717, 1.165) is 18.4 Å². The molecule has 136 valence electrons. The number of amides is 1. The molecule has 0 bridgehead atoms. The van der Waals surface area contributed by atoms with Crippen molar-refractivity contribution in [2.75, 3.05) is 6.79 Å². The maximum Gasteiger partial charge on any atom is 0.251 e. The van der Waals surface area contributed by atoms with Crippen molar-refractivity contribution in [2.24, 2.45) is 0 Å². The van der Waals surface area contributed by atoms with Gasteiger partial charge in [0.05, 0.1) is 4.90 Å². The highest BCUT2D eigenvalue weighted by molar-refractivity contribution is 7.89. The maximum atomic E-state index is 12.3. The Kier molecular flexibility index (Phi) is 4.29. The molecular formula is C18H18N2O5S. The molecular weight excluding hydrogens is 356 g/mol. The fourth-order valence-electron chi connectivity index (χ4n) is 2.61. The molecule has 0 radical (unpaired) electrons. The van der Waals surface area contributed by atoms with Gasteiger partial charge in [-0.05, 0) is 54.8 Å². The van der Waals surface area contributed by atoms with Gasteiger partial charge in [0, 0.05) is 18.2 Å². The summed E-state index contributed by atoms with van der Waals surface area (Å²) in [6.45, 7) is 0.536. The van der Waals surface area contributed by atoms with Crippen LogP contribution in [-0.4, -0.2) is 27.2 Å². The topological polar surface area (TPSA) is 93.7 Å². The Labute approximate surface area is 151 Å². The van der Waals surface area contributed by atoms with Crippen LogP contribution in [0.1, 0.15) is 28.8 Å². The van der Waals surface area contributed by atoms with Gasteiger partial charge in [-0.1, -0.05) is 6.07 Å². The molecule has 0 saturated heterocycles. The Balaban J connectivity index is 1.38. The smallest absolute Gasteiger partial charge is 0.251 e. The number of benzene rings is 2. The zero-order valence-corrected chi connectivity index (χ0v) is 14.7. The van der Waals surface area contributed by atoms with Crippen LogP contribution in [0.4, 0.5) is 0 Å². The number of sulfonamides is 1. The number of hydrogen-bond acceptors (Lipinski definition) is 5. The molecule has 1 aliphatic carbocycles. The minimum absolute atomic E-state index is 0.0460. The molecule has 2 aliphatic rings. The van der Waals surface area contributed by atoms with Crippen molar-refractivity contribution in [1.29, 1.82) is 0 Å². The van der Waals surface area contributed by atoms with Crippen molar-refractivity contribution in [3.63, 3.8) is 0 Å². The van der Waals surface area contributed by atoms with E-state index < -0.39 is 10.0 Å². The molecule has 2 aromatic carbocycles. The van der Waals surface area contributed by atoms with Gasteiger partial charge in [-0.2, -0.15) is 0 Å². The first-order valence-electron chi connectivity index (χ1n) is 8.30. The molecule has 8 heteroatoms. The fourth-order valence-corrected chi connectivity index (χ4v) is 3.91. The lowest BCUT2D eigenvalue weighted by molar-refractivity contribution is 0.0950. The zero-order valence-electron chi connectivity index (χ0n) is 13.9. The van der Waals surface area contributed by atoms with Crippen LogP contribution in [0.5, 0.6) is 11.5 Å². The summed E-state index contributed by atoms with van der Waals surface area (Å²) in [5.41, 5.74) is 1.28. The number of nitrogens with one attached hydrogen (secondary N) is 2. The van der Waals surface area contributed by atoms with Gasteiger partial charge in [0.1, 0.15) is 0 Å². The second-order valence-electron chi connectivity index (χ2n) is 6.29. The molecule has 2 N–H and O–H groups in total. The quantitative estimate of drug-likeness (QED) is 0.804. The van der Waals surface area contributed by atoms with Crippen LogP contribution in [0.25, 0.3) is 0 Å². The molecule has 0 atom stereocenters. The summed E-state index contributed by atoms with van der Waals surface area (Å²) < 4.78 is 37.4. The van der Waals surface area contributed by atoms with Crippen molar-refractivity contribution >= 4 is 15.9 Å². The van der Waals surface area contributed by atoms with Crippen molar-refractivity contribution in [2.45, 2.75) is 30.3 Å². The summed E-state index contributed by atoms with van der Waals surface area (Å²) in [7, 11) is -3.51. The van der Waals surface area contributed by atoms with E-state index >= 15 is 0 Å². The van der Waals surface area contributed by atoms with E-state index in [-0.39, 0.29) is 23.6 Å². The third kappa shape index (κ3) is 3.66. The zero-order chi connectivity index (χ0) is 18.1. The lowest BCUT2D eigenvalue weighted by Gasteiger charge is -2.08. The van der Waals surface area contributed by atoms with Gasteiger partial charge in [0.2, 0.25) is 16.8 Å². The first-order chi connectivity index (χ1) is 12.5. The standard InChI is InChI=1S/C18H18N2O5S/c21-18(19-10-12-1-8-16-17(9-12)25-11-24-16)13-2-6-15(7-3-13)26(22,23)20-14-4-5-14/h1-3,6-9,14,20H,4-5,10-11H2,(H,19,21). The summed E-state index contributed by atoms with van der Waals surface area (Å²) >= 11 is 0. The van der Waals surface area contributed by atoms with Crippen molar-refractivity contribution < 1.29 is 22.7 Å². The maximum absolute atomic E-state index is 12.3. The number of fused-ring (bicyclic) bond motifs is 1. The lowest BCUT2D eigenvalue weighted by atomic mass is 10.2. The van der Waals surface area contributed by atoms with Gasteiger partial charge in [0.25, 0.3) is 5.91 Å². The minimum Gasteiger partial charge on any atom is -0.454 e. The second-order valence-corrected chi connectivity index (χ2v) is 8.00. The molecule has 2 aromatic rings. The first-order valence-corrected chi connectivity index (χ1v) is 9.79. The highest BCUT2D eigenvalue weighted by Crippen LogP contribution is 2.32. The monoisotopic (exact) mass is 374 g/mol. The van der Waals surface area contributed by atoms with Crippen LogP contribution in [-0.2, 0) is 16.6 Å². The SMILES string of the molecule is O=C(NCc1ccc2c(c1)OCO2)c1ccc(S(=O)(=O)NC2CC2)cc1. The van der Waals surface area contributed by atoms with Crippen LogP contribution in [0, 0.1) is 0 Å². The predicted molar refractivity (Wildman–Crippen MR) is 93.5 cm³/mol. The molecule has 1 saturated carbocycles. The van der Waals surface area contributed by atoms with E-state index in [9.17, 15) is 13.2 Å². The first kappa shape index (κ1) is 16.9. The number of rotatable bonds is 6. The molecule has 7 nitrogen and oxygen atoms in total. The number of carbonyl (C=O) groups excluding carboxylic acids is 1. The van der Waals surface area contributed by atoms with Crippen LogP contribution in [0.15, 0.2) is 47.4 Å². The van der Waals surface area contributed by atoms with E-state index in [1.54, 1.807) is 6.07 Å². The Hall–Kier alpha value is -2.58. The van der Waals surface area contributed by atoms with Gasteiger partial charge in [0.15, 0.2) is 11.5 Å². The van der Waals surface area contributed by atoms with Crippen LogP contribution in [0.3, 0.4) is 0 Å². The van der Waals surface area contributed by atoms with Crippen LogP contribution < -0.4 is 19.5 Å². The summed E-state index contributed by atoms with van der Waals surface area (Å²) in [5.74, 6) is 1.08. The molecule has 0 aromatic heterocycles. The Morgan fingerprint density at radius 3 is 2.50 bits per heavy atom. The highest BCUT2D eigenvalue weighted by Gasteiger charge is 2.28. The third-order valence-electron chi connectivity index (χ3n) is 4.22. The van der Waals surface area contributed by atoms with Crippen molar-refractivity contribution in [1.82, 2.24) is 10.0 Å². The van der Waals surface area contributed by atoms with E-state index in [2.05, 4.69) is 10.0 Å². The molecule has 1 aliphatic heterocycles.